The van der Waals surface area contributed by atoms with Crippen LogP contribution in [0.3, 0.4) is 0 Å². The minimum atomic E-state index is -2.95. The number of pyridine rings is 1. The number of hydrogen-bond acceptors (Lipinski definition) is 4. The number of piperidine rings is 1. The maximum atomic E-state index is 14.7. The Morgan fingerprint density at radius 2 is 1.80 bits per heavy atom. The molecule has 1 aromatic carbocycles. The zero-order valence-corrected chi connectivity index (χ0v) is 20.3. The van der Waals surface area contributed by atoms with Crippen LogP contribution in [-0.4, -0.2) is 41.6 Å². The van der Waals surface area contributed by atoms with Crippen molar-refractivity contribution in [3.8, 4) is 0 Å². The average molecular weight is 489 g/mol. The minimum Gasteiger partial charge on any atom is -0.381 e. The number of carbonyl (C=O) groups excluding carboxylic acids is 1. The number of fused-ring (bicyclic) bond motifs is 1. The Morgan fingerprint density at radius 1 is 1.17 bits per heavy atom. The van der Waals surface area contributed by atoms with Crippen LogP contribution < -0.4 is 16.2 Å². The monoisotopic (exact) mass is 488 g/mol. The molecule has 2 saturated carbocycles. The smallest absolute Gasteiger partial charge is 0.266 e. The number of benzene rings is 1. The van der Waals surface area contributed by atoms with Crippen LogP contribution in [0.5, 0.6) is 0 Å². The Labute approximate surface area is 202 Å². The molecule has 3 aliphatic rings. The standard InChI is InChI=1S/C26H31F3N4O2/c1-13(14-6-5-7-15(22(14)27)24(28)29)30-25(35)18-12-33(20-9-26(20,2)3)21(34)8-19(18)31-23-16-10-32(4)11-17(16)23/h5-8,12-13,16-17,20,23-24,31H,9-11H2,1-4H3,(H,30,35)/t13-,16-,17+,20-,23+/m1/s1. The van der Waals surface area contributed by atoms with Gasteiger partial charge in [0.05, 0.1) is 22.9 Å². The number of amides is 1. The van der Waals surface area contributed by atoms with E-state index >= 15 is 0 Å². The largest absolute Gasteiger partial charge is 0.381 e. The van der Waals surface area contributed by atoms with Gasteiger partial charge in [0, 0.05) is 43.0 Å². The second kappa shape index (κ2) is 8.40. The van der Waals surface area contributed by atoms with Gasteiger partial charge in [0.25, 0.3) is 17.9 Å². The number of anilines is 1. The summed E-state index contributed by atoms with van der Waals surface area (Å²) in [5.74, 6) is -0.554. The van der Waals surface area contributed by atoms with Gasteiger partial charge in [-0.2, -0.15) is 0 Å². The van der Waals surface area contributed by atoms with E-state index in [1.54, 1.807) is 17.7 Å². The fraction of sp³-hybridized carbons (Fsp3) is 0.538. The summed E-state index contributed by atoms with van der Waals surface area (Å²) in [7, 11) is 2.07. The molecule has 9 heteroatoms. The van der Waals surface area contributed by atoms with Crippen LogP contribution in [-0.2, 0) is 0 Å². The molecule has 1 saturated heterocycles. The first-order valence-electron chi connectivity index (χ1n) is 12.1. The van der Waals surface area contributed by atoms with Crippen molar-refractivity contribution in [3.05, 3.63) is 63.3 Å². The van der Waals surface area contributed by atoms with E-state index in [1.165, 1.54) is 18.2 Å². The van der Waals surface area contributed by atoms with Gasteiger partial charge in [-0.15, -0.1) is 0 Å². The number of halogens is 3. The third kappa shape index (κ3) is 4.35. The third-order valence-corrected chi connectivity index (χ3v) is 7.93. The second-order valence-electron chi connectivity index (χ2n) is 11.0. The molecule has 1 aromatic heterocycles. The lowest BCUT2D eigenvalue weighted by Crippen LogP contribution is -2.32. The molecular weight excluding hydrogens is 457 g/mol. The highest BCUT2D eigenvalue weighted by molar-refractivity contribution is 5.99. The highest BCUT2D eigenvalue weighted by atomic mass is 19.3. The number of aromatic nitrogens is 1. The van der Waals surface area contributed by atoms with Crippen LogP contribution in [0.15, 0.2) is 35.3 Å². The van der Waals surface area contributed by atoms with Crippen LogP contribution in [0.4, 0.5) is 18.9 Å². The molecule has 1 aliphatic heterocycles. The summed E-state index contributed by atoms with van der Waals surface area (Å²) < 4.78 is 42.6. The average Bonchev–Trinajstić information content (AvgIpc) is 3.54. The minimum absolute atomic E-state index is 0.00199. The van der Waals surface area contributed by atoms with Crippen molar-refractivity contribution in [2.75, 3.05) is 25.5 Å². The summed E-state index contributed by atoms with van der Waals surface area (Å²) in [4.78, 5) is 28.6. The summed E-state index contributed by atoms with van der Waals surface area (Å²) in [5.41, 5.74) is -0.160. The number of likely N-dealkylation sites (tertiary alicyclic amines) is 1. The zero-order chi connectivity index (χ0) is 25.2. The Kier molecular flexibility index (Phi) is 5.74. The lowest BCUT2D eigenvalue weighted by atomic mass is 10.0. The summed E-state index contributed by atoms with van der Waals surface area (Å²) in [6.45, 7) is 7.62. The quantitative estimate of drug-likeness (QED) is 0.608. The molecule has 2 N–H and O–H groups in total. The van der Waals surface area contributed by atoms with Crippen molar-refractivity contribution in [2.24, 2.45) is 17.3 Å². The zero-order valence-electron chi connectivity index (χ0n) is 20.3. The van der Waals surface area contributed by atoms with Crippen LogP contribution in [0.25, 0.3) is 0 Å². The molecular formula is C26H31F3N4O2. The van der Waals surface area contributed by atoms with Gasteiger partial charge in [-0.25, -0.2) is 13.2 Å². The molecule has 188 valence electrons. The molecule has 6 nitrogen and oxygen atoms in total. The van der Waals surface area contributed by atoms with E-state index in [2.05, 4.69) is 36.4 Å². The van der Waals surface area contributed by atoms with Gasteiger partial charge in [0.15, 0.2) is 0 Å². The van der Waals surface area contributed by atoms with Gasteiger partial charge in [0.2, 0.25) is 0 Å². The maximum absolute atomic E-state index is 14.7. The molecule has 5 rings (SSSR count). The summed E-state index contributed by atoms with van der Waals surface area (Å²) in [6.07, 6.45) is -0.527. The lowest BCUT2D eigenvalue weighted by molar-refractivity contribution is 0.0939. The fourth-order valence-electron chi connectivity index (χ4n) is 5.56. The molecule has 2 aliphatic carbocycles. The number of rotatable bonds is 7. The number of carbonyl (C=O) groups is 1. The van der Waals surface area contributed by atoms with Crippen molar-refractivity contribution in [1.82, 2.24) is 14.8 Å². The maximum Gasteiger partial charge on any atom is 0.266 e. The SMILES string of the molecule is C[C@@H](NC(=O)c1cn([C@@H]2CC2(C)C)c(=O)cc1N[C@H]1[C@@H]2CN(C)C[C@@H]21)c1cccc(C(F)F)c1F. The first-order valence-corrected chi connectivity index (χ1v) is 12.1. The van der Waals surface area contributed by atoms with E-state index in [9.17, 15) is 22.8 Å². The first kappa shape index (κ1) is 23.9. The van der Waals surface area contributed by atoms with E-state index < -0.39 is 29.8 Å². The Morgan fingerprint density at radius 3 is 2.40 bits per heavy atom. The molecule has 2 aromatic rings. The highest BCUT2D eigenvalue weighted by Crippen LogP contribution is 2.55. The molecule has 0 radical (unpaired) electrons. The van der Waals surface area contributed by atoms with Crippen molar-refractivity contribution < 1.29 is 18.0 Å². The molecule has 0 unspecified atom stereocenters. The van der Waals surface area contributed by atoms with Crippen molar-refractivity contribution in [1.29, 1.82) is 0 Å². The normalized spacial score (nSPS) is 27.4. The van der Waals surface area contributed by atoms with Gasteiger partial charge in [-0.1, -0.05) is 32.0 Å². The van der Waals surface area contributed by atoms with Gasteiger partial charge < -0.3 is 20.1 Å². The van der Waals surface area contributed by atoms with Crippen LogP contribution in [0.1, 0.15) is 67.2 Å². The number of nitrogens with zero attached hydrogens (tertiary/aromatic N) is 2. The van der Waals surface area contributed by atoms with Crippen LogP contribution in [0.2, 0.25) is 0 Å². The molecule has 35 heavy (non-hydrogen) atoms. The number of hydrogen-bond donors (Lipinski definition) is 2. The molecule has 0 spiro atoms. The van der Waals surface area contributed by atoms with Gasteiger partial charge >= 0.3 is 0 Å². The van der Waals surface area contributed by atoms with Crippen LogP contribution >= 0.6 is 0 Å². The molecule has 3 fully saturated rings. The molecule has 2 heterocycles. The second-order valence-corrected chi connectivity index (χ2v) is 11.0. The van der Waals surface area contributed by atoms with E-state index in [0.29, 0.717) is 23.1 Å². The molecule has 5 atom stereocenters. The number of alkyl halides is 2. The van der Waals surface area contributed by atoms with Crippen molar-refractivity contribution >= 4 is 11.6 Å². The van der Waals surface area contributed by atoms with E-state index in [0.717, 1.165) is 25.6 Å². The number of nitrogens with one attached hydrogen (secondary N) is 2. The summed E-state index contributed by atoms with van der Waals surface area (Å²) >= 11 is 0. The van der Waals surface area contributed by atoms with Crippen LogP contribution in [0, 0.1) is 23.1 Å². The topological polar surface area (TPSA) is 66.4 Å². The predicted octanol–water partition coefficient (Wildman–Crippen LogP) is 4.36. The molecule has 0 bridgehead atoms. The highest BCUT2D eigenvalue weighted by Gasteiger charge is 2.55. The summed E-state index contributed by atoms with van der Waals surface area (Å²) in [5, 5.41) is 6.16. The Bertz CT molecular complexity index is 1220. The van der Waals surface area contributed by atoms with Gasteiger partial charge in [-0.3, -0.25) is 9.59 Å². The fourth-order valence-corrected chi connectivity index (χ4v) is 5.56. The van der Waals surface area contributed by atoms with E-state index in [1.807, 2.05) is 0 Å². The van der Waals surface area contributed by atoms with E-state index in [-0.39, 0.29) is 28.6 Å². The predicted molar refractivity (Wildman–Crippen MR) is 127 cm³/mol. The van der Waals surface area contributed by atoms with Crippen molar-refractivity contribution in [3.63, 3.8) is 0 Å². The Balaban J connectivity index is 1.43. The van der Waals surface area contributed by atoms with Crippen molar-refractivity contribution in [2.45, 2.75) is 51.7 Å². The summed E-state index contributed by atoms with van der Waals surface area (Å²) in [6, 6.07) is 4.61. The lowest BCUT2D eigenvalue weighted by Gasteiger charge is -2.20. The van der Waals surface area contributed by atoms with Gasteiger partial charge in [-0.05, 0) is 37.6 Å². The molecule has 1 amide bonds. The van der Waals surface area contributed by atoms with E-state index in [4.69, 9.17) is 0 Å². The first-order chi connectivity index (χ1) is 16.5. The third-order valence-electron chi connectivity index (χ3n) is 7.93. The Hall–Kier alpha value is -2.81. The van der Waals surface area contributed by atoms with Gasteiger partial charge in [0.1, 0.15) is 5.82 Å².